The molecule has 76 valence electrons. The van der Waals surface area contributed by atoms with Crippen molar-refractivity contribution in [2.45, 2.75) is 31.3 Å². The molecule has 1 aliphatic carbocycles. The van der Waals surface area contributed by atoms with E-state index in [1.165, 1.54) is 45.4 Å². The zero-order valence-electron chi connectivity index (χ0n) is 8.58. The molecule has 2 N–H and O–H groups in total. The highest BCUT2D eigenvalue weighted by atomic mass is 15.3. The van der Waals surface area contributed by atoms with E-state index in [-0.39, 0.29) is 0 Å². The summed E-state index contributed by atoms with van der Waals surface area (Å²) in [5.41, 5.74) is 5.92. The Morgan fingerprint density at radius 2 is 1.77 bits per heavy atom. The standard InChI is InChI=1S/C10H21N3/c1-12-4-6-13(7-5-12)10-3-2-9(11)8-10/h9-10H,2-8,11H2,1H3. The van der Waals surface area contributed by atoms with Crippen molar-refractivity contribution < 1.29 is 0 Å². The fourth-order valence-corrected chi connectivity index (χ4v) is 2.51. The third-order valence-electron chi connectivity index (χ3n) is 3.50. The molecule has 2 rings (SSSR count). The largest absolute Gasteiger partial charge is 0.328 e. The van der Waals surface area contributed by atoms with Gasteiger partial charge in [-0.1, -0.05) is 0 Å². The van der Waals surface area contributed by atoms with Gasteiger partial charge in [-0.15, -0.1) is 0 Å². The summed E-state index contributed by atoms with van der Waals surface area (Å²) >= 11 is 0. The van der Waals surface area contributed by atoms with Crippen LogP contribution >= 0.6 is 0 Å². The molecule has 2 aliphatic rings. The lowest BCUT2D eigenvalue weighted by Crippen LogP contribution is -2.48. The molecule has 0 aromatic heterocycles. The van der Waals surface area contributed by atoms with Crippen molar-refractivity contribution >= 4 is 0 Å². The van der Waals surface area contributed by atoms with Crippen LogP contribution in [0.25, 0.3) is 0 Å². The molecule has 1 saturated carbocycles. The van der Waals surface area contributed by atoms with Gasteiger partial charge in [-0.25, -0.2) is 0 Å². The van der Waals surface area contributed by atoms with E-state index in [1.54, 1.807) is 0 Å². The van der Waals surface area contributed by atoms with Crippen molar-refractivity contribution in [3.05, 3.63) is 0 Å². The van der Waals surface area contributed by atoms with Gasteiger partial charge in [-0.05, 0) is 26.3 Å². The highest BCUT2D eigenvalue weighted by molar-refractivity contribution is 4.86. The molecule has 0 aromatic carbocycles. The van der Waals surface area contributed by atoms with Crippen LogP contribution in [-0.2, 0) is 0 Å². The number of rotatable bonds is 1. The lowest BCUT2D eigenvalue weighted by atomic mass is 10.2. The number of nitrogens with two attached hydrogens (primary N) is 1. The van der Waals surface area contributed by atoms with Gasteiger partial charge in [0.25, 0.3) is 0 Å². The Labute approximate surface area is 80.9 Å². The Bertz CT molecular complexity index is 164. The summed E-state index contributed by atoms with van der Waals surface area (Å²) in [6, 6.07) is 1.27. The van der Waals surface area contributed by atoms with Crippen molar-refractivity contribution in [3.8, 4) is 0 Å². The molecular weight excluding hydrogens is 162 g/mol. The van der Waals surface area contributed by atoms with E-state index in [2.05, 4.69) is 16.8 Å². The number of nitrogens with zero attached hydrogens (tertiary/aromatic N) is 2. The lowest BCUT2D eigenvalue weighted by Gasteiger charge is -2.36. The van der Waals surface area contributed by atoms with Crippen LogP contribution in [0.5, 0.6) is 0 Å². The van der Waals surface area contributed by atoms with E-state index in [0.29, 0.717) is 6.04 Å². The Hall–Kier alpha value is -0.120. The summed E-state index contributed by atoms with van der Waals surface area (Å²) in [4.78, 5) is 5.04. The molecule has 0 aromatic rings. The maximum atomic E-state index is 5.92. The van der Waals surface area contributed by atoms with Gasteiger partial charge in [0.2, 0.25) is 0 Å². The minimum Gasteiger partial charge on any atom is -0.328 e. The Morgan fingerprint density at radius 1 is 1.08 bits per heavy atom. The van der Waals surface area contributed by atoms with Crippen molar-refractivity contribution in [1.29, 1.82) is 0 Å². The van der Waals surface area contributed by atoms with Crippen LogP contribution in [0, 0.1) is 0 Å². The SMILES string of the molecule is CN1CCN(C2CCC(N)C2)CC1. The predicted molar refractivity (Wildman–Crippen MR) is 54.7 cm³/mol. The second-order valence-corrected chi connectivity index (χ2v) is 4.57. The Kier molecular flexibility index (Phi) is 2.86. The summed E-state index contributed by atoms with van der Waals surface area (Å²) in [7, 11) is 2.21. The topological polar surface area (TPSA) is 32.5 Å². The van der Waals surface area contributed by atoms with Crippen LogP contribution in [0.2, 0.25) is 0 Å². The van der Waals surface area contributed by atoms with Crippen LogP contribution in [-0.4, -0.2) is 55.1 Å². The average molecular weight is 183 g/mol. The maximum Gasteiger partial charge on any atom is 0.0113 e. The monoisotopic (exact) mass is 183 g/mol. The fourth-order valence-electron chi connectivity index (χ4n) is 2.51. The smallest absolute Gasteiger partial charge is 0.0113 e. The van der Waals surface area contributed by atoms with E-state index in [1.807, 2.05) is 0 Å². The van der Waals surface area contributed by atoms with E-state index >= 15 is 0 Å². The first-order valence-electron chi connectivity index (χ1n) is 5.44. The number of likely N-dealkylation sites (N-methyl/N-ethyl adjacent to an activating group) is 1. The number of piperazine rings is 1. The molecule has 1 saturated heterocycles. The number of hydrogen-bond donors (Lipinski definition) is 1. The Balaban J connectivity index is 1.81. The van der Waals surface area contributed by atoms with E-state index in [9.17, 15) is 0 Å². The second kappa shape index (κ2) is 3.95. The molecular formula is C10H21N3. The van der Waals surface area contributed by atoms with Crippen molar-refractivity contribution in [2.24, 2.45) is 5.73 Å². The van der Waals surface area contributed by atoms with Gasteiger partial charge in [-0.2, -0.15) is 0 Å². The minimum absolute atomic E-state index is 0.477. The third kappa shape index (κ3) is 2.22. The summed E-state index contributed by atoms with van der Waals surface area (Å²) in [6.45, 7) is 4.94. The predicted octanol–water partition coefficient (Wildman–Crippen LogP) is 0.114. The van der Waals surface area contributed by atoms with Gasteiger partial charge < -0.3 is 10.6 Å². The molecule has 0 radical (unpaired) electrons. The van der Waals surface area contributed by atoms with Crippen molar-refractivity contribution in [2.75, 3.05) is 33.2 Å². The maximum absolute atomic E-state index is 5.92. The van der Waals surface area contributed by atoms with Crippen LogP contribution in [0.3, 0.4) is 0 Å². The van der Waals surface area contributed by atoms with Gasteiger partial charge in [0.05, 0.1) is 0 Å². The zero-order valence-corrected chi connectivity index (χ0v) is 8.58. The van der Waals surface area contributed by atoms with E-state index < -0.39 is 0 Å². The zero-order chi connectivity index (χ0) is 9.26. The number of hydrogen-bond acceptors (Lipinski definition) is 3. The third-order valence-corrected chi connectivity index (χ3v) is 3.50. The van der Waals surface area contributed by atoms with Gasteiger partial charge in [0, 0.05) is 38.3 Å². The van der Waals surface area contributed by atoms with Gasteiger partial charge in [-0.3, -0.25) is 4.90 Å². The first kappa shape index (κ1) is 9.44. The summed E-state index contributed by atoms with van der Waals surface area (Å²) in [5.74, 6) is 0. The summed E-state index contributed by atoms with van der Waals surface area (Å²) < 4.78 is 0. The Morgan fingerprint density at radius 3 is 2.31 bits per heavy atom. The van der Waals surface area contributed by atoms with Crippen molar-refractivity contribution in [3.63, 3.8) is 0 Å². The van der Waals surface area contributed by atoms with Crippen molar-refractivity contribution in [1.82, 2.24) is 9.80 Å². The molecule has 1 heterocycles. The van der Waals surface area contributed by atoms with Gasteiger partial charge in [0.15, 0.2) is 0 Å². The van der Waals surface area contributed by atoms with E-state index in [4.69, 9.17) is 5.73 Å². The highest BCUT2D eigenvalue weighted by Crippen LogP contribution is 2.23. The molecule has 3 nitrogen and oxygen atoms in total. The molecule has 2 atom stereocenters. The average Bonchev–Trinajstić information content (AvgIpc) is 2.53. The molecule has 13 heavy (non-hydrogen) atoms. The minimum atomic E-state index is 0.477. The van der Waals surface area contributed by atoms with Crippen LogP contribution in [0.15, 0.2) is 0 Å². The van der Waals surface area contributed by atoms with Gasteiger partial charge >= 0.3 is 0 Å². The lowest BCUT2D eigenvalue weighted by molar-refractivity contribution is 0.113. The summed E-state index contributed by atoms with van der Waals surface area (Å²) in [6.07, 6.45) is 3.78. The first-order chi connectivity index (χ1) is 6.25. The van der Waals surface area contributed by atoms with Crippen LogP contribution < -0.4 is 5.73 Å². The second-order valence-electron chi connectivity index (χ2n) is 4.57. The molecule has 2 fully saturated rings. The first-order valence-corrected chi connectivity index (χ1v) is 5.44. The molecule has 2 unspecified atom stereocenters. The normalized spacial score (nSPS) is 38.3. The summed E-state index contributed by atoms with van der Waals surface area (Å²) in [5, 5.41) is 0. The molecule has 0 bridgehead atoms. The van der Waals surface area contributed by atoms with Crippen LogP contribution in [0.4, 0.5) is 0 Å². The molecule has 3 heteroatoms. The van der Waals surface area contributed by atoms with Gasteiger partial charge in [0.1, 0.15) is 0 Å². The molecule has 1 aliphatic heterocycles. The molecule has 0 spiro atoms. The van der Waals surface area contributed by atoms with Crippen LogP contribution in [0.1, 0.15) is 19.3 Å². The fraction of sp³-hybridized carbons (Fsp3) is 1.00. The highest BCUT2D eigenvalue weighted by Gasteiger charge is 2.28. The molecule has 0 amide bonds. The quantitative estimate of drug-likeness (QED) is 0.626. The van der Waals surface area contributed by atoms with E-state index in [0.717, 1.165) is 6.04 Å².